The molecule has 0 saturated carbocycles. The average molecular weight is 892 g/mol. The van der Waals surface area contributed by atoms with Crippen molar-refractivity contribution >= 4 is 47.3 Å². The summed E-state index contributed by atoms with van der Waals surface area (Å²) in [7, 11) is 0. The van der Waals surface area contributed by atoms with Crippen molar-refractivity contribution in [1.82, 2.24) is 26.6 Å². The van der Waals surface area contributed by atoms with Crippen molar-refractivity contribution < 1.29 is 43.5 Å². The van der Waals surface area contributed by atoms with E-state index < -0.39 is 77.5 Å². The molecule has 0 aliphatic carbocycles. The Labute approximate surface area is 378 Å². The summed E-state index contributed by atoms with van der Waals surface area (Å²) in [5.41, 5.74) is 11.3. The van der Waals surface area contributed by atoms with Gasteiger partial charge in [-0.25, -0.2) is 4.79 Å². The Morgan fingerprint density at radius 1 is 0.562 bits per heavy atom. The maximum absolute atomic E-state index is 13.4. The second kappa shape index (κ2) is 29.5. The number of nitrogens with two attached hydrogens (primary N) is 2. The third kappa shape index (κ3) is 22.0. The summed E-state index contributed by atoms with van der Waals surface area (Å²) in [4.78, 5) is 100. The summed E-state index contributed by atoms with van der Waals surface area (Å²) < 4.78 is 0. The van der Waals surface area contributed by atoms with Crippen LogP contribution in [0.15, 0.2) is 60.7 Å². The molecule has 0 fully saturated rings. The van der Waals surface area contributed by atoms with E-state index >= 15 is 0 Å². The van der Waals surface area contributed by atoms with Gasteiger partial charge in [0.1, 0.15) is 29.7 Å². The van der Waals surface area contributed by atoms with Crippen molar-refractivity contribution in [2.75, 3.05) is 0 Å². The molecule has 2 aromatic carbocycles. The molecule has 5 atom stereocenters. The molecule has 2 aromatic rings. The standard InChI is InChI=1S/C48H73N7O9/c1-5-33(2)42(45(61)53-36(43(49)59)30-34-24-18-16-19-25-34)54-47(64)48(3,4)55-40(57)29-23-15-13-11-9-7-6-8-10-12-14-22-28-39(56)51-37(44(50)60)32-41(58)52-38(46(62)63)31-35-26-20-17-21-27-35/h16-21,24-27,33,36-38,42H,5-15,22-23,28-32H2,1-4H3,(H2,49,59)(H2,50,60)(H,51,56)(H,52,58)(H,53,61)(H,54,64)(H,55,57)(H,62,63)/t33-,36-,37+,38-,42+/m0/s1. The van der Waals surface area contributed by atoms with Gasteiger partial charge in [0.15, 0.2) is 0 Å². The Bertz CT molecular complexity index is 1790. The Morgan fingerprint density at radius 2 is 0.984 bits per heavy atom. The Morgan fingerprint density at radius 3 is 1.42 bits per heavy atom. The van der Waals surface area contributed by atoms with Gasteiger partial charge in [-0.1, -0.05) is 145 Å². The largest absolute Gasteiger partial charge is 0.480 e. The number of benzene rings is 2. The molecule has 0 unspecified atom stereocenters. The van der Waals surface area contributed by atoms with Gasteiger partial charge in [0.05, 0.1) is 6.42 Å². The Kier molecular flexibility index (Phi) is 25.1. The van der Waals surface area contributed by atoms with Crippen LogP contribution in [0.25, 0.3) is 0 Å². The minimum atomic E-state index is -1.28. The summed E-state index contributed by atoms with van der Waals surface area (Å²) in [5, 5.41) is 22.8. The number of carboxylic acids is 1. The average Bonchev–Trinajstić information content (AvgIpc) is 3.24. The first-order valence-electron chi connectivity index (χ1n) is 22.8. The number of aliphatic carboxylic acids is 1. The number of hydrogen-bond acceptors (Lipinski definition) is 8. The van der Waals surface area contributed by atoms with Crippen LogP contribution < -0.4 is 38.1 Å². The third-order valence-corrected chi connectivity index (χ3v) is 11.3. The highest BCUT2D eigenvalue weighted by Gasteiger charge is 2.35. The molecule has 0 spiro atoms. The molecular weight excluding hydrogens is 819 g/mol. The van der Waals surface area contributed by atoms with Gasteiger partial charge in [-0.15, -0.1) is 0 Å². The number of rotatable bonds is 33. The fraction of sp³-hybridized carbons (Fsp3) is 0.583. The van der Waals surface area contributed by atoms with Gasteiger partial charge in [-0.3, -0.25) is 33.6 Å². The summed E-state index contributed by atoms with van der Waals surface area (Å²) in [6.45, 7) is 6.92. The lowest BCUT2D eigenvalue weighted by molar-refractivity contribution is -0.142. The Hall–Kier alpha value is -5.80. The number of carbonyl (C=O) groups excluding carboxylic acids is 7. The van der Waals surface area contributed by atoms with Crippen LogP contribution in [-0.2, 0) is 51.2 Å². The van der Waals surface area contributed by atoms with E-state index in [-0.39, 0.29) is 37.5 Å². The lowest BCUT2D eigenvalue weighted by atomic mass is 9.95. The summed E-state index contributed by atoms with van der Waals surface area (Å²) in [5.74, 6) is -5.39. The summed E-state index contributed by atoms with van der Waals surface area (Å²) in [6.07, 6.45) is 12.4. The van der Waals surface area contributed by atoms with Gasteiger partial charge in [0.25, 0.3) is 0 Å². The van der Waals surface area contributed by atoms with Crippen LogP contribution >= 0.6 is 0 Å². The molecule has 0 saturated heterocycles. The molecular formula is C48H73N7O9. The molecule has 2 rings (SSSR count). The van der Waals surface area contributed by atoms with Crippen LogP contribution in [0.1, 0.15) is 142 Å². The minimum absolute atomic E-state index is 0.0672. The van der Waals surface area contributed by atoms with Crippen LogP contribution in [0.5, 0.6) is 0 Å². The first kappa shape index (κ1) is 54.3. The van der Waals surface area contributed by atoms with Gasteiger partial charge in [-0.2, -0.15) is 0 Å². The molecule has 354 valence electrons. The second-order valence-corrected chi connectivity index (χ2v) is 17.3. The van der Waals surface area contributed by atoms with Gasteiger partial charge in [0, 0.05) is 25.7 Å². The van der Waals surface area contributed by atoms with E-state index in [1.54, 1.807) is 44.2 Å². The molecule has 0 aliphatic rings. The molecule has 0 bridgehead atoms. The van der Waals surface area contributed by atoms with Crippen LogP contribution in [0, 0.1) is 5.92 Å². The van der Waals surface area contributed by atoms with Crippen molar-refractivity contribution in [1.29, 1.82) is 0 Å². The first-order chi connectivity index (χ1) is 30.4. The molecule has 0 aromatic heterocycles. The SMILES string of the molecule is CC[C@H](C)[C@@H](NC(=O)C(C)(C)NC(=O)CCCCCCCCCCCCCCC(=O)N[C@H](CC(=O)N[C@@H](Cc1ccccc1)C(=O)O)C(N)=O)C(=O)N[C@@H](Cc1ccccc1)C(N)=O. The molecule has 16 heteroatoms. The highest BCUT2D eigenvalue weighted by Crippen LogP contribution is 2.16. The number of carbonyl (C=O) groups is 8. The first-order valence-corrected chi connectivity index (χ1v) is 22.8. The zero-order valence-electron chi connectivity index (χ0n) is 38.3. The van der Waals surface area contributed by atoms with Gasteiger partial charge < -0.3 is 43.2 Å². The van der Waals surface area contributed by atoms with E-state index in [1.807, 2.05) is 44.2 Å². The van der Waals surface area contributed by atoms with Crippen LogP contribution in [-0.4, -0.2) is 82.1 Å². The van der Waals surface area contributed by atoms with E-state index in [1.165, 1.54) is 0 Å². The van der Waals surface area contributed by atoms with E-state index in [0.29, 0.717) is 19.3 Å². The highest BCUT2D eigenvalue weighted by atomic mass is 16.4. The zero-order chi connectivity index (χ0) is 47.5. The van der Waals surface area contributed by atoms with E-state index in [4.69, 9.17) is 11.5 Å². The van der Waals surface area contributed by atoms with Gasteiger partial charge in [-0.05, 0) is 43.7 Å². The number of hydrogen-bond donors (Lipinski definition) is 8. The second-order valence-electron chi connectivity index (χ2n) is 17.3. The quantitative estimate of drug-likeness (QED) is 0.0475. The monoisotopic (exact) mass is 892 g/mol. The third-order valence-electron chi connectivity index (χ3n) is 11.3. The summed E-state index contributed by atoms with van der Waals surface area (Å²) >= 11 is 0. The number of unbranched alkanes of at least 4 members (excludes halogenated alkanes) is 11. The lowest BCUT2D eigenvalue weighted by Gasteiger charge is -2.31. The van der Waals surface area contributed by atoms with E-state index in [2.05, 4.69) is 26.6 Å². The number of nitrogens with one attached hydrogen (secondary N) is 5. The molecule has 64 heavy (non-hydrogen) atoms. The fourth-order valence-electron chi connectivity index (χ4n) is 7.14. The Balaban J connectivity index is 1.57. The molecule has 0 heterocycles. The fourth-order valence-corrected chi connectivity index (χ4v) is 7.14. The van der Waals surface area contributed by atoms with Crippen molar-refractivity contribution in [2.45, 2.75) is 173 Å². The molecule has 16 nitrogen and oxygen atoms in total. The molecule has 0 aliphatic heterocycles. The van der Waals surface area contributed by atoms with Gasteiger partial charge in [0.2, 0.25) is 41.4 Å². The van der Waals surface area contributed by atoms with Crippen molar-refractivity contribution in [3.8, 4) is 0 Å². The van der Waals surface area contributed by atoms with E-state index in [9.17, 15) is 43.5 Å². The molecule has 10 N–H and O–H groups in total. The predicted octanol–water partition coefficient (Wildman–Crippen LogP) is 4.26. The normalized spacial score (nSPS) is 13.6. The van der Waals surface area contributed by atoms with Crippen molar-refractivity contribution in [2.24, 2.45) is 17.4 Å². The van der Waals surface area contributed by atoms with Crippen molar-refractivity contribution in [3.05, 3.63) is 71.8 Å². The zero-order valence-corrected chi connectivity index (χ0v) is 38.3. The topological polar surface area (TPSA) is 269 Å². The van der Waals surface area contributed by atoms with E-state index in [0.717, 1.165) is 75.3 Å². The van der Waals surface area contributed by atoms with Gasteiger partial charge >= 0.3 is 5.97 Å². The minimum Gasteiger partial charge on any atom is -0.480 e. The summed E-state index contributed by atoms with van der Waals surface area (Å²) in [6, 6.07) is 13.7. The predicted molar refractivity (Wildman–Crippen MR) is 245 cm³/mol. The lowest BCUT2D eigenvalue weighted by Crippen LogP contribution is -2.61. The van der Waals surface area contributed by atoms with Crippen molar-refractivity contribution in [3.63, 3.8) is 0 Å². The molecule has 7 amide bonds. The number of primary amides is 2. The van der Waals surface area contributed by atoms with Crippen LogP contribution in [0.2, 0.25) is 0 Å². The molecule has 0 radical (unpaired) electrons. The maximum atomic E-state index is 13.4. The van der Waals surface area contributed by atoms with Crippen LogP contribution in [0.4, 0.5) is 0 Å². The van der Waals surface area contributed by atoms with Crippen LogP contribution in [0.3, 0.4) is 0 Å². The highest BCUT2D eigenvalue weighted by molar-refractivity contribution is 5.96. The number of carboxylic acid groups (broad SMARTS) is 1. The number of amides is 7. The smallest absolute Gasteiger partial charge is 0.326 e. The maximum Gasteiger partial charge on any atom is 0.326 e.